The Labute approximate surface area is 78.3 Å². The van der Waals surface area contributed by atoms with E-state index in [4.69, 9.17) is 0 Å². The minimum atomic E-state index is 0.725. The fourth-order valence-corrected chi connectivity index (χ4v) is 1.13. The maximum atomic E-state index is 10.4. The van der Waals surface area contributed by atoms with E-state index in [-0.39, 0.29) is 0 Å². The quantitative estimate of drug-likeness (QED) is 0.564. The number of benzene rings is 1. The molecule has 0 aromatic heterocycles. The molecule has 0 amide bonds. The fourth-order valence-electron chi connectivity index (χ4n) is 1.13. The van der Waals surface area contributed by atoms with Crippen molar-refractivity contribution >= 4 is 18.0 Å². The first-order valence-corrected chi connectivity index (χ1v) is 4.18. The zero-order valence-electron chi connectivity index (χ0n) is 7.87. The Morgan fingerprint density at radius 3 is 2.69 bits per heavy atom. The van der Waals surface area contributed by atoms with Crippen LogP contribution >= 0.6 is 0 Å². The van der Waals surface area contributed by atoms with E-state index in [1.165, 1.54) is 0 Å². The second kappa shape index (κ2) is 4.45. The van der Waals surface area contributed by atoms with Crippen molar-refractivity contribution in [3.8, 4) is 0 Å². The normalized spacial score (nSPS) is 11.1. The second-order valence-electron chi connectivity index (χ2n) is 2.84. The van der Waals surface area contributed by atoms with Gasteiger partial charge in [-0.3, -0.25) is 4.79 Å². The van der Waals surface area contributed by atoms with Gasteiger partial charge >= 0.3 is 0 Å². The number of allylic oxidation sites excluding steroid dienone is 1. The maximum Gasteiger partial charge on any atom is 0.145 e. The first kappa shape index (κ1) is 9.52. The molecule has 1 aromatic rings. The van der Waals surface area contributed by atoms with E-state index in [1.54, 1.807) is 6.92 Å². The lowest BCUT2D eigenvalue weighted by atomic mass is 10.1. The van der Waals surface area contributed by atoms with Gasteiger partial charge in [0.25, 0.3) is 0 Å². The summed E-state index contributed by atoms with van der Waals surface area (Å²) in [4.78, 5) is 10.4. The van der Waals surface area contributed by atoms with Gasteiger partial charge < -0.3 is 5.32 Å². The minimum Gasteiger partial charge on any atom is -0.388 e. The standard InChI is InChI=1S/C11H13NO/c1-9(8-13)7-10-5-3-4-6-11(10)12-2/h3-8,12H,1-2H3/b9-7-. The number of para-hydroxylation sites is 1. The third kappa shape index (κ3) is 2.44. The van der Waals surface area contributed by atoms with Crippen molar-refractivity contribution in [1.29, 1.82) is 0 Å². The van der Waals surface area contributed by atoms with Gasteiger partial charge in [-0.15, -0.1) is 0 Å². The van der Waals surface area contributed by atoms with Crippen molar-refractivity contribution in [2.45, 2.75) is 6.92 Å². The molecule has 1 rings (SSSR count). The summed E-state index contributed by atoms with van der Waals surface area (Å²) in [6.45, 7) is 1.79. The van der Waals surface area contributed by atoms with E-state index >= 15 is 0 Å². The average Bonchev–Trinajstić information content (AvgIpc) is 2.18. The Hall–Kier alpha value is -1.57. The molecule has 2 nitrogen and oxygen atoms in total. The number of anilines is 1. The van der Waals surface area contributed by atoms with E-state index in [1.807, 2.05) is 37.4 Å². The lowest BCUT2D eigenvalue weighted by Gasteiger charge is -2.04. The van der Waals surface area contributed by atoms with Crippen LogP contribution in [0.3, 0.4) is 0 Å². The lowest BCUT2D eigenvalue weighted by Crippen LogP contribution is -1.91. The first-order chi connectivity index (χ1) is 6.27. The number of carbonyl (C=O) groups excluding carboxylic acids is 1. The molecule has 0 unspecified atom stereocenters. The number of rotatable bonds is 3. The topological polar surface area (TPSA) is 29.1 Å². The summed E-state index contributed by atoms with van der Waals surface area (Å²) < 4.78 is 0. The molecule has 0 aliphatic heterocycles. The third-order valence-corrected chi connectivity index (χ3v) is 1.80. The highest BCUT2D eigenvalue weighted by Crippen LogP contribution is 2.16. The summed E-state index contributed by atoms with van der Waals surface area (Å²) in [5, 5.41) is 3.06. The summed E-state index contributed by atoms with van der Waals surface area (Å²) in [5.74, 6) is 0. The van der Waals surface area contributed by atoms with Crippen molar-refractivity contribution < 1.29 is 4.79 Å². The van der Waals surface area contributed by atoms with Crippen LogP contribution in [0, 0.1) is 0 Å². The number of nitrogens with one attached hydrogen (secondary N) is 1. The van der Waals surface area contributed by atoms with Crippen LogP contribution in [-0.2, 0) is 4.79 Å². The number of hydrogen-bond acceptors (Lipinski definition) is 2. The largest absolute Gasteiger partial charge is 0.388 e. The van der Waals surface area contributed by atoms with Crippen LogP contribution < -0.4 is 5.32 Å². The van der Waals surface area contributed by atoms with Gasteiger partial charge in [0.15, 0.2) is 0 Å². The van der Waals surface area contributed by atoms with Gasteiger partial charge in [-0.25, -0.2) is 0 Å². The molecule has 1 aromatic carbocycles. The number of carbonyl (C=O) groups is 1. The highest BCUT2D eigenvalue weighted by molar-refractivity contribution is 5.83. The van der Waals surface area contributed by atoms with Gasteiger partial charge in [0.2, 0.25) is 0 Å². The molecule has 13 heavy (non-hydrogen) atoms. The number of aldehydes is 1. The maximum absolute atomic E-state index is 10.4. The summed E-state index contributed by atoms with van der Waals surface area (Å²) in [5.41, 5.74) is 2.79. The van der Waals surface area contributed by atoms with Crippen molar-refractivity contribution in [2.24, 2.45) is 0 Å². The smallest absolute Gasteiger partial charge is 0.145 e. The summed E-state index contributed by atoms with van der Waals surface area (Å²) in [7, 11) is 1.86. The Bertz CT molecular complexity index is 329. The molecule has 0 heterocycles. The molecular formula is C11H13NO. The van der Waals surface area contributed by atoms with Gasteiger partial charge in [-0.1, -0.05) is 18.2 Å². The average molecular weight is 175 g/mol. The van der Waals surface area contributed by atoms with E-state index in [0.717, 1.165) is 23.1 Å². The molecular weight excluding hydrogens is 162 g/mol. The Kier molecular flexibility index (Phi) is 3.26. The van der Waals surface area contributed by atoms with Gasteiger partial charge in [-0.05, 0) is 30.2 Å². The van der Waals surface area contributed by atoms with Crippen LogP contribution in [0.2, 0.25) is 0 Å². The Morgan fingerprint density at radius 1 is 1.38 bits per heavy atom. The molecule has 0 bridgehead atoms. The Morgan fingerprint density at radius 2 is 2.08 bits per heavy atom. The SMILES string of the molecule is CNc1ccccc1/C=C(/C)C=O. The zero-order chi connectivity index (χ0) is 9.68. The molecule has 2 heteroatoms. The van der Waals surface area contributed by atoms with Crippen LogP contribution in [0.4, 0.5) is 5.69 Å². The minimum absolute atomic E-state index is 0.725. The second-order valence-corrected chi connectivity index (χ2v) is 2.84. The predicted octanol–water partition coefficient (Wildman–Crippen LogP) is 2.33. The van der Waals surface area contributed by atoms with Crippen molar-refractivity contribution in [3.05, 3.63) is 35.4 Å². The molecule has 0 aliphatic rings. The molecule has 1 N–H and O–H groups in total. The molecule has 0 spiro atoms. The monoisotopic (exact) mass is 175 g/mol. The summed E-state index contributed by atoms with van der Waals surface area (Å²) >= 11 is 0. The summed E-state index contributed by atoms with van der Waals surface area (Å²) in [6, 6.07) is 7.85. The van der Waals surface area contributed by atoms with Crippen LogP contribution in [0.15, 0.2) is 29.8 Å². The van der Waals surface area contributed by atoms with E-state index in [0.29, 0.717) is 0 Å². The van der Waals surface area contributed by atoms with Crippen molar-refractivity contribution in [3.63, 3.8) is 0 Å². The van der Waals surface area contributed by atoms with Crippen LogP contribution in [0.1, 0.15) is 12.5 Å². The number of hydrogen-bond donors (Lipinski definition) is 1. The molecule has 0 radical (unpaired) electrons. The highest BCUT2D eigenvalue weighted by Gasteiger charge is 1.95. The zero-order valence-corrected chi connectivity index (χ0v) is 7.87. The predicted molar refractivity (Wildman–Crippen MR) is 55.7 cm³/mol. The fraction of sp³-hybridized carbons (Fsp3) is 0.182. The van der Waals surface area contributed by atoms with Crippen molar-refractivity contribution in [2.75, 3.05) is 12.4 Å². The van der Waals surface area contributed by atoms with Crippen molar-refractivity contribution in [1.82, 2.24) is 0 Å². The molecule has 0 aliphatic carbocycles. The van der Waals surface area contributed by atoms with Gasteiger partial charge in [0.05, 0.1) is 0 Å². The molecule has 68 valence electrons. The summed E-state index contributed by atoms with van der Waals surface area (Å²) in [6.07, 6.45) is 2.71. The Balaban J connectivity index is 3.06. The van der Waals surface area contributed by atoms with Crippen LogP contribution in [0.5, 0.6) is 0 Å². The van der Waals surface area contributed by atoms with Crippen LogP contribution in [0.25, 0.3) is 6.08 Å². The van der Waals surface area contributed by atoms with Gasteiger partial charge in [-0.2, -0.15) is 0 Å². The first-order valence-electron chi connectivity index (χ1n) is 4.18. The van der Waals surface area contributed by atoms with Crippen LogP contribution in [-0.4, -0.2) is 13.3 Å². The van der Waals surface area contributed by atoms with Gasteiger partial charge in [0, 0.05) is 12.7 Å². The van der Waals surface area contributed by atoms with E-state index < -0.39 is 0 Å². The molecule has 0 atom stereocenters. The lowest BCUT2D eigenvalue weighted by molar-refractivity contribution is -0.104. The molecule has 0 saturated carbocycles. The molecule has 0 fully saturated rings. The molecule has 0 saturated heterocycles. The van der Waals surface area contributed by atoms with E-state index in [2.05, 4.69) is 5.32 Å². The van der Waals surface area contributed by atoms with Gasteiger partial charge in [0.1, 0.15) is 6.29 Å². The highest BCUT2D eigenvalue weighted by atomic mass is 16.1. The third-order valence-electron chi connectivity index (χ3n) is 1.80. The van der Waals surface area contributed by atoms with E-state index in [9.17, 15) is 4.79 Å².